The number of carboxylic acid groups (broad SMARTS) is 1. The molecule has 0 aliphatic carbocycles. The lowest BCUT2D eigenvalue weighted by molar-refractivity contribution is -0.137. The van der Waals surface area contributed by atoms with E-state index in [4.69, 9.17) is 14.6 Å². The third-order valence-corrected chi connectivity index (χ3v) is 2.37. The molecule has 0 aliphatic rings. The Hall–Kier alpha value is -1.39. The molecule has 0 spiro atoms. The SMILES string of the molecule is O=C(O)CCCOCCCOCc1ccccc1. The molecule has 0 saturated heterocycles. The Labute approximate surface area is 108 Å². The number of benzene rings is 1. The summed E-state index contributed by atoms with van der Waals surface area (Å²) in [6, 6.07) is 10.0. The fourth-order valence-corrected chi connectivity index (χ4v) is 1.45. The highest BCUT2D eigenvalue weighted by Gasteiger charge is 1.96. The van der Waals surface area contributed by atoms with Crippen molar-refractivity contribution in [3.63, 3.8) is 0 Å². The van der Waals surface area contributed by atoms with Crippen molar-refractivity contribution >= 4 is 5.97 Å². The van der Waals surface area contributed by atoms with Gasteiger partial charge >= 0.3 is 5.97 Å². The van der Waals surface area contributed by atoms with Crippen molar-refractivity contribution in [2.45, 2.75) is 25.9 Å². The summed E-state index contributed by atoms with van der Waals surface area (Å²) in [4.78, 5) is 10.2. The van der Waals surface area contributed by atoms with Gasteiger partial charge in [0.15, 0.2) is 0 Å². The second-order valence-corrected chi connectivity index (χ2v) is 4.00. The molecular formula is C14H20O4. The minimum absolute atomic E-state index is 0.171. The third-order valence-electron chi connectivity index (χ3n) is 2.37. The molecule has 1 aromatic rings. The van der Waals surface area contributed by atoms with E-state index in [0.717, 1.165) is 6.42 Å². The predicted molar refractivity (Wildman–Crippen MR) is 68.4 cm³/mol. The Kier molecular flexibility index (Phi) is 7.84. The highest BCUT2D eigenvalue weighted by molar-refractivity contribution is 5.66. The minimum atomic E-state index is -0.773. The van der Waals surface area contributed by atoms with Crippen LogP contribution in [0, 0.1) is 0 Å². The van der Waals surface area contributed by atoms with Gasteiger partial charge < -0.3 is 14.6 Å². The van der Waals surface area contributed by atoms with E-state index >= 15 is 0 Å². The predicted octanol–water partition coefficient (Wildman–Crippen LogP) is 2.47. The molecule has 0 heterocycles. The maximum atomic E-state index is 10.2. The van der Waals surface area contributed by atoms with Crippen molar-refractivity contribution in [2.24, 2.45) is 0 Å². The van der Waals surface area contributed by atoms with Crippen molar-refractivity contribution in [3.05, 3.63) is 35.9 Å². The second kappa shape index (κ2) is 9.62. The average molecular weight is 252 g/mol. The van der Waals surface area contributed by atoms with Crippen LogP contribution in [0.25, 0.3) is 0 Å². The number of carboxylic acids is 1. The molecule has 1 N–H and O–H groups in total. The molecule has 0 unspecified atom stereocenters. The minimum Gasteiger partial charge on any atom is -0.481 e. The largest absolute Gasteiger partial charge is 0.481 e. The van der Waals surface area contributed by atoms with Crippen molar-refractivity contribution in [1.29, 1.82) is 0 Å². The first-order valence-electron chi connectivity index (χ1n) is 6.20. The van der Waals surface area contributed by atoms with Crippen LogP contribution in [0.2, 0.25) is 0 Å². The Bertz CT molecular complexity index is 324. The van der Waals surface area contributed by atoms with Gasteiger partial charge in [0.1, 0.15) is 0 Å². The summed E-state index contributed by atoms with van der Waals surface area (Å²) in [5.74, 6) is -0.773. The summed E-state index contributed by atoms with van der Waals surface area (Å²) in [6.07, 6.45) is 1.57. The van der Waals surface area contributed by atoms with Gasteiger partial charge in [0.05, 0.1) is 6.61 Å². The van der Waals surface area contributed by atoms with Crippen LogP contribution in [0.15, 0.2) is 30.3 Å². The molecule has 0 aliphatic heterocycles. The molecular weight excluding hydrogens is 232 g/mol. The van der Waals surface area contributed by atoms with E-state index in [1.807, 2.05) is 30.3 Å². The van der Waals surface area contributed by atoms with Crippen LogP contribution in [0.5, 0.6) is 0 Å². The molecule has 0 bridgehead atoms. The molecule has 1 rings (SSSR count). The summed E-state index contributed by atoms with van der Waals surface area (Å²) < 4.78 is 10.8. The fraction of sp³-hybridized carbons (Fsp3) is 0.500. The van der Waals surface area contributed by atoms with Crippen LogP contribution < -0.4 is 0 Å². The summed E-state index contributed by atoms with van der Waals surface area (Å²) in [5, 5.41) is 8.42. The molecule has 0 amide bonds. The fourth-order valence-electron chi connectivity index (χ4n) is 1.45. The van der Waals surface area contributed by atoms with Gasteiger partial charge in [-0.3, -0.25) is 4.79 Å². The first-order chi connectivity index (χ1) is 8.79. The highest BCUT2D eigenvalue weighted by atomic mass is 16.5. The number of hydrogen-bond donors (Lipinski definition) is 1. The monoisotopic (exact) mass is 252 g/mol. The molecule has 0 atom stereocenters. The zero-order valence-electron chi connectivity index (χ0n) is 10.5. The number of hydrogen-bond acceptors (Lipinski definition) is 3. The van der Waals surface area contributed by atoms with Crippen LogP contribution in [0.1, 0.15) is 24.8 Å². The molecule has 4 nitrogen and oxygen atoms in total. The normalized spacial score (nSPS) is 10.4. The van der Waals surface area contributed by atoms with Crippen LogP contribution in [-0.2, 0) is 20.9 Å². The zero-order chi connectivity index (χ0) is 13.1. The van der Waals surface area contributed by atoms with E-state index in [2.05, 4.69) is 0 Å². The Morgan fingerprint density at radius 2 is 1.67 bits per heavy atom. The van der Waals surface area contributed by atoms with Crippen LogP contribution in [0.3, 0.4) is 0 Å². The lowest BCUT2D eigenvalue weighted by Gasteiger charge is -2.05. The number of ether oxygens (including phenoxy) is 2. The average Bonchev–Trinajstić information content (AvgIpc) is 2.37. The van der Waals surface area contributed by atoms with E-state index in [1.54, 1.807) is 0 Å². The maximum absolute atomic E-state index is 10.2. The number of carbonyl (C=O) groups is 1. The van der Waals surface area contributed by atoms with Crippen molar-refractivity contribution in [3.8, 4) is 0 Å². The van der Waals surface area contributed by atoms with Crippen molar-refractivity contribution in [2.75, 3.05) is 19.8 Å². The van der Waals surface area contributed by atoms with E-state index in [9.17, 15) is 4.79 Å². The molecule has 1 aromatic carbocycles. The summed E-state index contributed by atoms with van der Waals surface area (Å²) in [6.45, 7) is 2.41. The molecule has 0 radical (unpaired) electrons. The van der Waals surface area contributed by atoms with Gasteiger partial charge in [0, 0.05) is 26.2 Å². The van der Waals surface area contributed by atoms with Crippen LogP contribution >= 0.6 is 0 Å². The molecule has 0 aromatic heterocycles. The van der Waals surface area contributed by atoms with Gasteiger partial charge in [0.2, 0.25) is 0 Å². The Morgan fingerprint density at radius 1 is 1.00 bits per heavy atom. The topological polar surface area (TPSA) is 55.8 Å². The lowest BCUT2D eigenvalue weighted by Crippen LogP contribution is -2.04. The maximum Gasteiger partial charge on any atom is 0.303 e. The van der Waals surface area contributed by atoms with Crippen molar-refractivity contribution < 1.29 is 19.4 Å². The third kappa shape index (κ3) is 7.81. The molecule has 0 saturated carbocycles. The number of rotatable bonds is 10. The van der Waals surface area contributed by atoms with Crippen molar-refractivity contribution in [1.82, 2.24) is 0 Å². The van der Waals surface area contributed by atoms with Crippen LogP contribution in [0.4, 0.5) is 0 Å². The second-order valence-electron chi connectivity index (χ2n) is 4.00. The molecule has 0 fully saturated rings. The van der Waals surface area contributed by atoms with E-state index in [1.165, 1.54) is 5.56 Å². The van der Waals surface area contributed by atoms with Gasteiger partial charge in [-0.05, 0) is 18.4 Å². The standard InChI is InChI=1S/C14H20O4/c15-14(16)8-4-9-17-10-5-11-18-12-13-6-2-1-3-7-13/h1-3,6-7H,4-5,8-12H2,(H,15,16). The van der Waals surface area contributed by atoms with Gasteiger partial charge in [-0.15, -0.1) is 0 Å². The van der Waals surface area contributed by atoms with Gasteiger partial charge in [-0.25, -0.2) is 0 Å². The molecule has 100 valence electrons. The zero-order valence-corrected chi connectivity index (χ0v) is 10.5. The first kappa shape index (κ1) is 14.7. The Balaban J connectivity index is 1.86. The summed E-state index contributed by atoms with van der Waals surface area (Å²) >= 11 is 0. The van der Waals surface area contributed by atoms with E-state index < -0.39 is 5.97 Å². The van der Waals surface area contributed by atoms with Gasteiger partial charge in [0.25, 0.3) is 0 Å². The van der Waals surface area contributed by atoms with Gasteiger partial charge in [-0.2, -0.15) is 0 Å². The highest BCUT2D eigenvalue weighted by Crippen LogP contribution is 2.00. The molecule has 4 heteroatoms. The number of aliphatic carboxylic acids is 1. The first-order valence-corrected chi connectivity index (χ1v) is 6.20. The smallest absolute Gasteiger partial charge is 0.303 e. The van der Waals surface area contributed by atoms with Gasteiger partial charge in [-0.1, -0.05) is 30.3 Å². The lowest BCUT2D eigenvalue weighted by atomic mass is 10.2. The Morgan fingerprint density at radius 3 is 2.39 bits per heavy atom. The summed E-state index contributed by atoms with van der Waals surface area (Å²) in [7, 11) is 0. The molecule has 18 heavy (non-hydrogen) atoms. The van der Waals surface area contributed by atoms with E-state index in [0.29, 0.717) is 32.8 Å². The summed E-state index contributed by atoms with van der Waals surface area (Å²) in [5.41, 5.74) is 1.17. The van der Waals surface area contributed by atoms with Crippen LogP contribution in [-0.4, -0.2) is 30.9 Å². The quantitative estimate of drug-likeness (QED) is 0.650. The van der Waals surface area contributed by atoms with E-state index in [-0.39, 0.29) is 6.42 Å².